The van der Waals surface area contributed by atoms with Gasteiger partial charge in [0.05, 0.1) is 19.1 Å². The Labute approximate surface area is 197 Å². The number of carboxylic acids is 1. The highest BCUT2D eigenvalue weighted by Crippen LogP contribution is 2.05. The molecule has 0 aromatic carbocycles. The Kier molecular flexibility index (Phi) is 13.8. The molecule has 0 aliphatic heterocycles. The summed E-state index contributed by atoms with van der Waals surface area (Å²) in [5, 5.41) is 25.4. The fraction of sp³-hybridized carbons (Fsp3) is 0.684. The highest BCUT2D eigenvalue weighted by Gasteiger charge is 2.30. The van der Waals surface area contributed by atoms with E-state index in [-0.39, 0.29) is 31.3 Å². The van der Waals surface area contributed by atoms with Crippen molar-refractivity contribution >= 4 is 35.6 Å². The molecule has 0 aromatic rings. The van der Waals surface area contributed by atoms with E-state index < -0.39 is 66.8 Å². The Hall–Kier alpha value is -3.46. The predicted molar refractivity (Wildman–Crippen MR) is 122 cm³/mol. The van der Waals surface area contributed by atoms with Crippen LogP contribution in [0, 0.1) is 5.92 Å². The number of primary amides is 1. The first kappa shape index (κ1) is 30.5. The number of hydrogen-bond donors (Lipinski definition) is 9. The quantitative estimate of drug-likeness (QED) is 0.0573. The lowest BCUT2D eigenvalue weighted by Gasteiger charge is -2.24. The molecule has 4 atom stereocenters. The summed E-state index contributed by atoms with van der Waals surface area (Å²) in [6.45, 7) is 3.03. The minimum atomic E-state index is -1.65. The molecule has 194 valence electrons. The average Bonchev–Trinajstić information content (AvgIpc) is 2.71. The Morgan fingerprint density at radius 3 is 1.88 bits per heavy atom. The second-order valence-corrected chi connectivity index (χ2v) is 8.06. The molecule has 0 radical (unpaired) electrons. The Bertz CT molecular complexity index is 755. The van der Waals surface area contributed by atoms with Gasteiger partial charge in [0.25, 0.3) is 0 Å². The lowest BCUT2D eigenvalue weighted by Crippen LogP contribution is -2.58. The number of aliphatic imine (C=N–C) groups is 1. The number of aliphatic hydroxyl groups is 1. The van der Waals surface area contributed by atoms with Gasteiger partial charge in [-0.05, 0) is 25.2 Å². The maximum Gasteiger partial charge on any atom is 0.326 e. The number of nitrogens with zero attached hydrogens (tertiary/aromatic N) is 1. The molecule has 15 heteroatoms. The van der Waals surface area contributed by atoms with E-state index in [4.69, 9.17) is 28.0 Å². The van der Waals surface area contributed by atoms with Crippen molar-refractivity contribution in [1.29, 1.82) is 0 Å². The van der Waals surface area contributed by atoms with Gasteiger partial charge in [0.2, 0.25) is 23.6 Å². The summed E-state index contributed by atoms with van der Waals surface area (Å²) in [5.74, 6) is -5.01. The third-order valence-corrected chi connectivity index (χ3v) is 4.48. The average molecular weight is 489 g/mol. The number of hydrogen-bond acceptors (Lipinski definition) is 8. The smallest absolute Gasteiger partial charge is 0.326 e. The zero-order chi connectivity index (χ0) is 26.4. The second-order valence-electron chi connectivity index (χ2n) is 8.06. The first-order chi connectivity index (χ1) is 15.8. The summed E-state index contributed by atoms with van der Waals surface area (Å²) in [4.78, 5) is 63.6. The number of carboxylic acid groups (broad SMARTS) is 1. The number of guanidine groups is 1. The van der Waals surface area contributed by atoms with Crippen LogP contribution >= 0.6 is 0 Å². The van der Waals surface area contributed by atoms with E-state index in [0.29, 0.717) is 6.42 Å². The van der Waals surface area contributed by atoms with Crippen LogP contribution in [0.2, 0.25) is 0 Å². The number of nitrogens with one attached hydrogen (secondary N) is 3. The van der Waals surface area contributed by atoms with Crippen LogP contribution < -0.4 is 38.9 Å². The normalized spacial score (nSPS) is 14.3. The van der Waals surface area contributed by atoms with Gasteiger partial charge in [0, 0.05) is 6.54 Å². The first-order valence-corrected chi connectivity index (χ1v) is 10.6. The summed E-state index contributed by atoms with van der Waals surface area (Å²) in [6, 6.07) is -5.25. The van der Waals surface area contributed by atoms with Crippen LogP contribution in [-0.4, -0.2) is 83.1 Å². The van der Waals surface area contributed by atoms with Crippen molar-refractivity contribution in [3.05, 3.63) is 0 Å². The molecule has 15 nitrogen and oxygen atoms in total. The van der Waals surface area contributed by atoms with E-state index in [1.54, 1.807) is 0 Å². The third kappa shape index (κ3) is 12.5. The monoisotopic (exact) mass is 488 g/mol. The number of amides is 4. The summed E-state index contributed by atoms with van der Waals surface area (Å²) in [6.07, 6.45) is 0.0317. The van der Waals surface area contributed by atoms with Crippen molar-refractivity contribution < 1.29 is 34.2 Å². The van der Waals surface area contributed by atoms with Gasteiger partial charge in [-0.1, -0.05) is 13.8 Å². The Morgan fingerprint density at radius 1 is 0.882 bits per heavy atom. The number of aliphatic carboxylic acids is 1. The molecule has 0 bridgehead atoms. The van der Waals surface area contributed by atoms with Crippen molar-refractivity contribution in [3.8, 4) is 0 Å². The first-order valence-electron chi connectivity index (χ1n) is 10.6. The van der Waals surface area contributed by atoms with Crippen LogP contribution in [0.3, 0.4) is 0 Å². The minimum absolute atomic E-state index is 0.0714. The number of rotatable bonds is 16. The fourth-order valence-corrected chi connectivity index (χ4v) is 2.81. The van der Waals surface area contributed by atoms with Crippen LogP contribution in [0.1, 0.15) is 39.5 Å². The molecule has 0 fully saturated rings. The molecule has 0 aliphatic carbocycles. The maximum absolute atomic E-state index is 12.8. The molecule has 0 saturated carbocycles. The number of carbonyl (C=O) groups is 5. The van der Waals surface area contributed by atoms with Gasteiger partial charge >= 0.3 is 5.97 Å². The number of carbonyl (C=O) groups excluding carboxylic acids is 4. The molecular formula is C19H36N8O7. The summed E-state index contributed by atoms with van der Waals surface area (Å²) < 4.78 is 0. The van der Waals surface area contributed by atoms with Crippen molar-refractivity contribution in [2.75, 3.05) is 13.2 Å². The topological polar surface area (TPSA) is 278 Å². The van der Waals surface area contributed by atoms with Gasteiger partial charge in [0.15, 0.2) is 5.96 Å². The zero-order valence-electron chi connectivity index (χ0n) is 19.3. The largest absolute Gasteiger partial charge is 0.480 e. The second kappa shape index (κ2) is 15.4. The van der Waals surface area contributed by atoms with Crippen molar-refractivity contribution in [3.63, 3.8) is 0 Å². The minimum Gasteiger partial charge on any atom is -0.480 e. The van der Waals surface area contributed by atoms with E-state index >= 15 is 0 Å². The van der Waals surface area contributed by atoms with Crippen LogP contribution in [0.25, 0.3) is 0 Å². The molecule has 13 N–H and O–H groups in total. The third-order valence-electron chi connectivity index (χ3n) is 4.48. The highest BCUT2D eigenvalue weighted by molar-refractivity contribution is 5.94. The molecule has 0 spiro atoms. The van der Waals surface area contributed by atoms with E-state index in [1.807, 2.05) is 19.2 Å². The molecule has 0 saturated heterocycles. The molecule has 34 heavy (non-hydrogen) atoms. The molecular weight excluding hydrogens is 452 g/mol. The van der Waals surface area contributed by atoms with Gasteiger partial charge in [-0.2, -0.15) is 0 Å². The van der Waals surface area contributed by atoms with Crippen molar-refractivity contribution in [1.82, 2.24) is 16.0 Å². The molecule has 0 heterocycles. The SMILES string of the molecule is CC(C)CC(N)C(=O)NC(CCCN=C(N)N)C(=O)NC(CO)C(=O)NC(CC(N)=O)C(=O)O. The summed E-state index contributed by atoms with van der Waals surface area (Å²) in [5.41, 5.74) is 21.4. The lowest BCUT2D eigenvalue weighted by atomic mass is 10.0. The highest BCUT2D eigenvalue weighted by atomic mass is 16.4. The van der Waals surface area contributed by atoms with Gasteiger partial charge in [0.1, 0.15) is 18.1 Å². The molecule has 4 amide bonds. The number of aliphatic hydroxyl groups excluding tert-OH is 1. The molecule has 0 aromatic heterocycles. The number of nitrogens with two attached hydrogens (primary N) is 4. The van der Waals surface area contributed by atoms with E-state index in [2.05, 4.69) is 15.6 Å². The van der Waals surface area contributed by atoms with Crippen molar-refractivity contribution in [2.24, 2.45) is 33.8 Å². The van der Waals surface area contributed by atoms with E-state index in [1.165, 1.54) is 0 Å². The zero-order valence-corrected chi connectivity index (χ0v) is 19.3. The molecule has 4 unspecified atom stereocenters. The van der Waals surface area contributed by atoms with Crippen LogP contribution in [0.5, 0.6) is 0 Å². The van der Waals surface area contributed by atoms with Crippen LogP contribution in [0.4, 0.5) is 0 Å². The Balaban J connectivity index is 5.37. The van der Waals surface area contributed by atoms with Crippen molar-refractivity contribution in [2.45, 2.75) is 63.7 Å². The summed E-state index contributed by atoms with van der Waals surface area (Å²) >= 11 is 0. The standard InChI is InChI=1S/C19H36N8O7/c1-9(2)6-10(20)15(30)25-11(4-3-5-24-19(22)23)16(31)27-13(8-28)17(32)26-12(18(33)34)7-14(21)29/h9-13,28H,3-8,20H2,1-2H3,(H2,21,29)(H,25,30)(H,26,32)(H,27,31)(H,33,34)(H4,22,23,24). The summed E-state index contributed by atoms with van der Waals surface area (Å²) in [7, 11) is 0. The van der Waals surface area contributed by atoms with Crippen LogP contribution in [-0.2, 0) is 24.0 Å². The maximum atomic E-state index is 12.8. The van der Waals surface area contributed by atoms with Gasteiger partial charge in [-0.25, -0.2) is 4.79 Å². The Morgan fingerprint density at radius 2 is 1.41 bits per heavy atom. The van der Waals surface area contributed by atoms with Gasteiger partial charge in [-0.3, -0.25) is 24.2 Å². The molecule has 0 rings (SSSR count). The van der Waals surface area contributed by atoms with Gasteiger partial charge < -0.3 is 49.1 Å². The van der Waals surface area contributed by atoms with E-state index in [9.17, 15) is 29.1 Å². The van der Waals surface area contributed by atoms with Gasteiger partial charge in [-0.15, -0.1) is 0 Å². The lowest BCUT2D eigenvalue weighted by molar-refractivity contribution is -0.144. The molecule has 0 aliphatic rings. The fourth-order valence-electron chi connectivity index (χ4n) is 2.81. The van der Waals surface area contributed by atoms with Crippen LogP contribution in [0.15, 0.2) is 4.99 Å². The van der Waals surface area contributed by atoms with E-state index in [0.717, 1.165) is 0 Å². The predicted octanol–water partition coefficient (Wildman–Crippen LogP) is -4.18.